The predicted molar refractivity (Wildman–Crippen MR) is 116 cm³/mol. The first kappa shape index (κ1) is 21.0. The summed E-state index contributed by atoms with van der Waals surface area (Å²) < 4.78 is 11.6. The Labute approximate surface area is 175 Å². The Kier molecular flexibility index (Phi) is 7.04. The molecule has 0 saturated heterocycles. The third-order valence-corrected chi connectivity index (χ3v) is 5.70. The standard InChI is InChI=1S/C22H26N2O4S/c1-15-8-10-17(11-9-15)23-21(25)14-29-16(2)22(26)24(3)12-18-13-27-19-6-4-5-7-20(19)28-18/h4-11,16,18H,12-14H2,1-3H3,(H,23,25). The zero-order chi connectivity index (χ0) is 20.8. The number of nitrogens with zero attached hydrogens (tertiary/aromatic N) is 1. The van der Waals surface area contributed by atoms with Crippen molar-refractivity contribution in [2.24, 2.45) is 0 Å². The number of carbonyl (C=O) groups is 2. The number of hydrogen-bond acceptors (Lipinski definition) is 5. The van der Waals surface area contributed by atoms with E-state index in [-0.39, 0.29) is 28.9 Å². The maximum atomic E-state index is 12.6. The van der Waals surface area contributed by atoms with Gasteiger partial charge in [-0.25, -0.2) is 0 Å². The van der Waals surface area contributed by atoms with Crippen molar-refractivity contribution in [2.75, 3.05) is 31.3 Å². The number of hydrogen-bond donors (Lipinski definition) is 1. The number of benzene rings is 2. The van der Waals surface area contributed by atoms with E-state index in [1.54, 1.807) is 11.9 Å². The Hall–Kier alpha value is -2.67. The number of amides is 2. The summed E-state index contributed by atoms with van der Waals surface area (Å²) >= 11 is 1.32. The molecule has 1 N–H and O–H groups in total. The van der Waals surface area contributed by atoms with E-state index in [9.17, 15) is 9.59 Å². The second kappa shape index (κ2) is 9.69. The lowest BCUT2D eigenvalue weighted by molar-refractivity contribution is -0.130. The molecule has 0 spiro atoms. The van der Waals surface area contributed by atoms with Crippen LogP contribution in [0.3, 0.4) is 0 Å². The van der Waals surface area contributed by atoms with Gasteiger partial charge in [0.05, 0.1) is 17.5 Å². The number of carbonyl (C=O) groups excluding carboxylic acids is 2. The van der Waals surface area contributed by atoms with Gasteiger partial charge in [0.25, 0.3) is 0 Å². The van der Waals surface area contributed by atoms with Gasteiger partial charge in [-0.15, -0.1) is 11.8 Å². The summed E-state index contributed by atoms with van der Waals surface area (Å²) in [5.74, 6) is 1.47. The summed E-state index contributed by atoms with van der Waals surface area (Å²) in [5.41, 5.74) is 1.89. The molecule has 1 heterocycles. The third-order valence-electron chi connectivity index (χ3n) is 4.57. The van der Waals surface area contributed by atoms with E-state index in [0.717, 1.165) is 17.0 Å². The number of rotatable bonds is 7. The number of aryl methyl sites for hydroxylation is 1. The molecule has 2 unspecified atom stereocenters. The molecule has 7 heteroatoms. The minimum atomic E-state index is -0.333. The van der Waals surface area contributed by atoms with Crippen LogP contribution >= 0.6 is 11.8 Å². The second-order valence-electron chi connectivity index (χ2n) is 7.08. The normalized spacial score (nSPS) is 16.0. The van der Waals surface area contributed by atoms with E-state index in [1.165, 1.54) is 11.8 Å². The minimum Gasteiger partial charge on any atom is -0.486 e. The van der Waals surface area contributed by atoms with Gasteiger partial charge >= 0.3 is 0 Å². The maximum Gasteiger partial charge on any atom is 0.235 e. The topological polar surface area (TPSA) is 67.9 Å². The van der Waals surface area contributed by atoms with Crippen molar-refractivity contribution in [3.05, 3.63) is 54.1 Å². The van der Waals surface area contributed by atoms with E-state index >= 15 is 0 Å². The quantitative estimate of drug-likeness (QED) is 0.753. The van der Waals surface area contributed by atoms with Crippen molar-refractivity contribution in [2.45, 2.75) is 25.2 Å². The summed E-state index contributed by atoms with van der Waals surface area (Å²) in [7, 11) is 1.75. The molecule has 154 valence electrons. The molecule has 0 aliphatic carbocycles. The second-order valence-corrected chi connectivity index (χ2v) is 8.41. The van der Waals surface area contributed by atoms with E-state index in [2.05, 4.69) is 5.32 Å². The van der Waals surface area contributed by atoms with Crippen LogP contribution in [0.1, 0.15) is 12.5 Å². The van der Waals surface area contributed by atoms with Crippen LogP contribution in [0.25, 0.3) is 0 Å². The lowest BCUT2D eigenvalue weighted by atomic mass is 10.2. The van der Waals surface area contributed by atoms with Crippen molar-refractivity contribution < 1.29 is 19.1 Å². The molecule has 0 aromatic heterocycles. The molecule has 2 amide bonds. The first-order valence-electron chi connectivity index (χ1n) is 9.54. The molecule has 1 aliphatic rings. The van der Waals surface area contributed by atoms with E-state index in [4.69, 9.17) is 9.47 Å². The summed E-state index contributed by atoms with van der Waals surface area (Å²) in [4.78, 5) is 26.4. The first-order chi connectivity index (χ1) is 13.9. The summed E-state index contributed by atoms with van der Waals surface area (Å²) in [6, 6.07) is 15.1. The van der Waals surface area contributed by atoms with Crippen LogP contribution < -0.4 is 14.8 Å². The minimum absolute atomic E-state index is 0.0411. The fourth-order valence-electron chi connectivity index (χ4n) is 2.96. The molecule has 6 nitrogen and oxygen atoms in total. The molecule has 1 aliphatic heterocycles. The Morgan fingerprint density at radius 1 is 1.17 bits per heavy atom. The largest absolute Gasteiger partial charge is 0.486 e. The Morgan fingerprint density at radius 2 is 1.86 bits per heavy atom. The number of thioether (sulfide) groups is 1. The molecule has 0 bridgehead atoms. The Bertz CT molecular complexity index is 856. The highest BCUT2D eigenvalue weighted by molar-refractivity contribution is 8.01. The van der Waals surface area contributed by atoms with Gasteiger partial charge in [-0.3, -0.25) is 9.59 Å². The van der Waals surface area contributed by atoms with Crippen molar-refractivity contribution >= 4 is 29.3 Å². The number of likely N-dealkylation sites (N-methyl/N-ethyl adjacent to an activating group) is 1. The zero-order valence-corrected chi connectivity index (χ0v) is 17.7. The monoisotopic (exact) mass is 414 g/mol. The average molecular weight is 415 g/mol. The van der Waals surface area contributed by atoms with Crippen molar-refractivity contribution in [3.63, 3.8) is 0 Å². The molecule has 0 radical (unpaired) electrons. The predicted octanol–water partition coefficient (Wildman–Crippen LogP) is 3.35. The van der Waals surface area contributed by atoms with Crippen LogP contribution in [0, 0.1) is 6.92 Å². The number of ether oxygens (including phenoxy) is 2. The summed E-state index contributed by atoms with van der Waals surface area (Å²) in [6.07, 6.45) is -0.221. The van der Waals surface area contributed by atoms with Crippen LogP contribution in [0.2, 0.25) is 0 Å². The molecule has 29 heavy (non-hydrogen) atoms. The molecular formula is C22H26N2O4S. The van der Waals surface area contributed by atoms with Gasteiger partial charge in [-0.2, -0.15) is 0 Å². The lowest BCUT2D eigenvalue weighted by Crippen LogP contribution is -2.44. The summed E-state index contributed by atoms with van der Waals surface area (Å²) in [5, 5.41) is 2.51. The van der Waals surface area contributed by atoms with Crippen LogP contribution in [0.5, 0.6) is 11.5 Å². The third kappa shape index (κ3) is 5.90. The van der Waals surface area contributed by atoms with Crippen LogP contribution in [0.15, 0.2) is 48.5 Å². The number of anilines is 1. The highest BCUT2D eigenvalue weighted by atomic mass is 32.2. The first-order valence-corrected chi connectivity index (χ1v) is 10.6. The maximum absolute atomic E-state index is 12.6. The van der Waals surface area contributed by atoms with Gasteiger partial charge in [0.1, 0.15) is 6.61 Å². The summed E-state index contributed by atoms with van der Waals surface area (Å²) in [6.45, 7) is 4.63. The highest BCUT2D eigenvalue weighted by Crippen LogP contribution is 2.31. The van der Waals surface area contributed by atoms with Crippen LogP contribution in [0.4, 0.5) is 5.69 Å². The van der Waals surface area contributed by atoms with Crippen molar-refractivity contribution in [3.8, 4) is 11.5 Å². The van der Waals surface area contributed by atoms with E-state index in [0.29, 0.717) is 18.9 Å². The van der Waals surface area contributed by atoms with Gasteiger partial charge < -0.3 is 19.7 Å². The van der Waals surface area contributed by atoms with Gasteiger partial charge in [-0.05, 0) is 38.1 Å². The molecule has 2 aromatic rings. The molecule has 0 saturated carbocycles. The van der Waals surface area contributed by atoms with Crippen LogP contribution in [-0.2, 0) is 9.59 Å². The highest BCUT2D eigenvalue weighted by Gasteiger charge is 2.26. The molecule has 0 fully saturated rings. The van der Waals surface area contributed by atoms with Crippen LogP contribution in [-0.4, -0.2) is 54.0 Å². The SMILES string of the molecule is Cc1ccc(NC(=O)CSC(C)C(=O)N(C)CC2COc3ccccc3O2)cc1. The smallest absolute Gasteiger partial charge is 0.235 e. The Balaban J connectivity index is 1.43. The zero-order valence-electron chi connectivity index (χ0n) is 16.9. The molecular weight excluding hydrogens is 388 g/mol. The average Bonchev–Trinajstić information content (AvgIpc) is 2.73. The van der Waals surface area contributed by atoms with Crippen molar-refractivity contribution in [1.82, 2.24) is 4.90 Å². The fourth-order valence-corrected chi connectivity index (χ4v) is 3.76. The van der Waals surface area contributed by atoms with Crippen molar-refractivity contribution in [1.29, 1.82) is 0 Å². The molecule has 2 aromatic carbocycles. The van der Waals surface area contributed by atoms with Gasteiger partial charge in [0.15, 0.2) is 17.6 Å². The van der Waals surface area contributed by atoms with Gasteiger partial charge in [0, 0.05) is 12.7 Å². The van der Waals surface area contributed by atoms with E-state index < -0.39 is 0 Å². The Morgan fingerprint density at radius 3 is 2.59 bits per heavy atom. The number of fused-ring (bicyclic) bond motifs is 1. The van der Waals surface area contributed by atoms with Gasteiger partial charge in [0.2, 0.25) is 11.8 Å². The molecule has 3 rings (SSSR count). The molecule has 2 atom stereocenters. The van der Waals surface area contributed by atoms with Gasteiger partial charge in [-0.1, -0.05) is 29.8 Å². The fraction of sp³-hybridized carbons (Fsp3) is 0.364. The lowest BCUT2D eigenvalue weighted by Gasteiger charge is -2.30. The van der Waals surface area contributed by atoms with E-state index in [1.807, 2.05) is 62.4 Å². The number of nitrogens with one attached hydrogen (secondary N) is 1. The number of para-hydroxylation sites is 2.